The topological polar surface area (TPSA) is 95.9 Å². The van der Waals surface area contributed by atoms with Gasteiger partial charge in [-0.2, -0.15) is 13.2 Å². The van der Waals surface area contributed by atoms with Crippen molar-refractivity contribution in [2.24, 2.45) is 5.41 Å². The fraction of sp³-hybridized carbons (Fsp3) is 0.476. The number of rotatable bonds is 5. The van der Waals surface area contributed by atoms with Crippen molar-refractivity contribution in [1.29, 1.82) is 0 Å². The molecule has 0 atom stereocenters. The first-order valence-corrected chi connectivity index (χ1v) is 11.4. The Hall–Kier alpha value is -3.02. The monoisotopic (exact) mass is 477 g/mol. The molecule has 0 bridgehead atoms. The van der Waals surface area contributed by atoms with Crippen LogP contribution < -0.4 is 15.5 Å². The van der Waals surface area contributed by atoms with E-state index >= 15 is 0 Å². The quantitative estimate of drug-likeness (QED) is 0.581. The molecular formula is C21H22F3N7OS. The number of alkyl halides is 3. The first-order chi connectivity index (χ1) is 15.7. The Balaban J connectivity index is 1.23. The number of aromatic nitrogens is 4. The molecule has 174 valence electrons. The summed E-state index contributed by atoms with van der Waals surface area (Å²) in [7, 11) is 1.56. The maximum Gasteiger partial charge on any atom is 0.393 e. The normalized spacial score (nSPS) is 22.5. The molecule has 5 rings (SSSR count). The van der Waals surface area contributed by atoms with Gasteiger partial charge in [0.05, 0.1) is 17.4 Å². The number of halogens is 3. The molecule has 1 aliphatic carbocycles. The molecule has 0 aromatic carbocycles. The molecule has 1 amide bonds. The van der Waals surface area contributed by atoms with E-state index in [-0.39, 0.29) is 22.2 Å². The van der Waals surface area contributed by atoms with Crippen molar-refractivity contribution in [2.75, 3.05) is 30.4 Å². The van der Waals surface area contributed by atoms with Crippen molar-refractivity contribution in [2.45, 2.75) is 37.9 Å². The van der Waals surface area contributed by atoms with E-state index in [9.17, 15) is 18.0 Å². The third-order valence-electron chi connectivity index (χ3n) is 6.31. The van der Waals surface area contributed by atoms with Crippen molar-refractivity contribution in [3.8, 4) is 0 Å². The Bertz CT molecular complexity index is 1170. The average molecular weight is 478 g/mol. The lowest BCUT2D eigenvalue weighted by atomic mass is 9.65. The number of nitrogens with zero attached hydrogens (tertiary/aromatic N) is 5. The van der Waals surface area contributed by atoms with Gasteiger partial charge in [0.15, 0.2) is 0 Å². The predicted octanol–water partition coefficient (Wildman–Crippen LogP) is 3.42. The molecule has 33 heavy (non-hydrogen) atoms. The number of nitrogens with one attached hydrogen (secondary N) is 2. The van der Waals surface area contributed by atoms with E-state index in [0.29, 0.717) is 27.5 Å². The van der Waals surface area contributed by atoms with Crippen LogP contribution in [-0.2, 0) is 6.42 Å². The standard InChI is InChI=1S/C21H22F3N7OS/c1-25-17(32)12-8-26-19(27-9-12)30-13-5-20(6-13)2-3-31(10-20)16-15-4-14(7-21(22,23)24)33-18(15)29-11-28-16/h4,8-9,11,13H,2-3,5-7,10H2,1H3,(H,25,32)(H,26,27,30). The van der Waals surface area contributed by atoms with E-state index in [2.05, 4.69) is 35.5 Å². The number of carbonyl (C=O) groups excluding carboxylic acids is 1. The molecule has 0 radical (unpaired) electrons. The number of thiophene rings is 1. The number of anilines is 2. The third kappa shape index (κ3) is 4.43. The average Bonchev–Trinajstić information content (AvgIpc) is 3.36. The zero-order valence-corrected chi connectivity index (χ0v) is 18.6. The van der Waals surface area contributed by atoms with Gasteiger partial charge in [0.1, 0.15) is 17.0 Å². The Kier molecular flexibility index (Phi) is 5.34. The first-order valence-electron chi connectivity index (χ1n) is 10.6. The minimum Gasteiger partial charge on any atom is -0.355 e. The van der Waals surface area contributed by atoms with Crippen molar-refractivity contribution in [1.82, 2.24) is 25.3 Å². The Morgan fingerprint density at radius 2 is 2.00 bits per heavy atom. The summed E-state index contributed by atoms with van der Waals surface area (Å²) in [6.45, 7) is 1.61. The highest BCUT2D eigenvalue weighted by atomic mass is 32.1. The zero-order valence-electron chi connectivity index (χ0n) is 17.8. The number of hydrogen-bond donors (Lipinski definition) is 2. The molecule has 1 saturated heterocycles. The Morgan fingerprint density at radius 1 is 1.24 bits per heavy atom. The van der Waals surface area contributed by atoms with Gasteiger partial charge in [0.25, 0.3) is 5.91 Å². The fourth-order valence-corrected chi connectivity index (χ4v) is 5.83. The highest BCUT2D eigenvalue weighted by Crippen LogP contribution is 2.50. The van der Waals surface area contributed by atoms with Gasteiger partial charge in [-0.3, -0.25) is 4.79 Å². The summed E-state index contributed by atoms with van der Waals surface area (Å²) < 4.78 is 38.5. The number of fused-ring (bicyclic) bond motifs is 1. The van der Waals surface area contributed by atoms with Gasteiger partial charge in [-0.25, -0.2) is 19.9 Å². The van der Waals surface area contributed by atoms with Crippen LogP contribution in [0.25, 0.3) is 10.2 Å². The van der Waals surface area contributed by atoms with Crippen LogP contribution in [0, 0.1) is 5.41 Å². The summed E-state index contributed by atoms with van der Waals surface area (Å²) in [5.74, 6) is 0.974. The summed E-state index contributed by atoms with van der Waals surface area (Å²) in [5.41, 5.74) is 0.546. The van der Waals surface area contributed by atoms with Gasteiger partial charge < -0.3 is 15.5 Å². The molecule has 2 aliphatic rings. The molecule has 2 fully saturated rings. The van der Waals surface area contributed by atoms with E-state index in [1.54, 1.807) is 13.1 Å². The van der Waals surface area contributed by atoms with Crippen LogP contribution in [-0.4, -0.2) is 58.2 Å². The Labute approximate surface area is 191 Å². The minimum atomic E-state index is -4.24. The van der Waals surface area contributed by atoms with E-state index in [1.165, 1.54) is 18.7 Å². The van der Waals surface area contributed by atoms with E-state index in [0.717, 1.165) is 43.7 Å². The van der Waals surface area contributed by atoms with Gasteiger partial charge >= 0.3 is 6.18 Å². The molecule has 1 spiro atoms. The second-order valence-electron chi connectivity index (χ2n) is 8.72. The predicted molar refractivity (Wildman–Crippen MR) is 119 cm³/mol. The van der Waals surface area contributed by atoms with E-state index in [4.69, 9.17) is 0 Å². The maximum atomic E-state index is 12.8. The van der Waals surface area contributed by atoms with Crippen LogP contribution in [0.15, 0.2) is 24.8 Å². The van der Waals surface area contributed by atoms with Crippen LogP contribution in [0.1, 0.15) is 34.5 Å². The van der Waals surface area contributed by atoms with Gasteiger partial charge in [0, 0.05) is 43.4 Å². The summed E-state index contributed by atoms with van der Waals surface area (Å²) in [4.78, 5) is 31.6. The highest BCUT2D eigenvalue weighted by molar-refractivity contribution is 7.18. The van der Waals surface area contributed by atoms with Crippen LogP contribution in [0.3, 0.4) is 0 Å². The van der Waals surface area contributed by atoms with Crippen LogP contribution >= 0.6 is 11.3 Å². The molecule has 4 heterocycles. The smallest absolute Gasteiger partial charge is 0.355 e. The second kappa shape index (κ2) is 8.08. The fourth-order valence-electron chi connectivity index (χ4n) is 4.81. The molecule has 1 aliphatic heterocycles. The number of hydrogen-bond acceptors (Lipinski definition) is 8. The lowest BCUT2D eigenvalue weighted by Crippen LogP contribution is -2.47. The van der Waals surface area contributed by atoms with Gasteiger partial charge in [-0.1, -0.05) is 0 Å². The van der Waals surface area contributed by atoms with Crippen molar-refractivity contribution in [3.63, 3.8) is 0 Å². The van der Waals surface area contributed by atoms with Crippen molar-refractivity contribution < 1.29 is 18.0 Å². The second-order valence-corrected chi connectivity index (χ2v) is 9.83. The Morgan fingerprint density at radius 3 is 2.70 bits per heavy atom. The molecule has 3 aromatic rings. The summed E-state index contributed by atoms with van der Waals surface area (Å²) in [6.07, 6.45) is 2.11. The van der Waals surface area contributed by atoms with Crippen molar-refractivity contribution in [3.05, 3.63) is 35.2 Å². The lowest BCUT2D eigenvalue weighted by Gasteiger charge is -2.45. The minimum absolute atomic E-state index is 0.141. The molecule has 3 aromatic heterocycles. The van der Waals surface area contributed by atoms with Gasteiger partial charge in [-0.15, -0.1) is 11.3 Å². The summed E-state index contributed by atoms with van der Waals surface area (Å²) in [6, 6.07) is 1.82. The first kappa shape index (κ1) is 21.8. The van der Waals surface area contributed by atoms with Crippen LogP contribution in [0.2, 0.25) is 0 Å². The largest absolute Gasteiger partial charge is 0.393 e. The lowest BCUT2D eigenvalue weighted by molar-refractivity contribution is -0.126. The molecule has 1 saturated carbocycles. The molecule has 2 N–H and O–H groups in total. The number of amides is 1. The summed E-state index contributed by atoms with van der Waals surface area (Å²) >= 11 is 1.08. The van der Waals surface area contributed by atoms with Crippen LogP contribution in [0.5, 0.6) is 0 Å². The molecule has 12 heteroatoms. The van der Waals surface area contributed by atoms with Gasteiger partial charge in [-0.05, 0) is 30.7 Å². The molecular weight excluding hydrogens is 455 g/mol. The van der Waals surface area contributed by atoms with E-state index < -0.39 is 12.6 Å². The molecule has 0 unspecified atom stereocenters. The third-order valence-corrected chi connectivity index (χ3v) is 7.35. The molecule has 8 nitrogen and oxygen atoms in total. The summed E-state index contributed by atoms with van der Waals surface area (Å²) in [5, 5.41) is 6.55. The van der Waals surface area contributed by atoms with E-state index in [1.807, 2.05) is 0 Å². The SMILES string of the molecule is CNC(=O)c1cnc(NC2CC3(CCN(c4ncnc5sc(CC(F)(F)F)cc45)C3)C2)nc1. The van der Waals surface area contributed by atoms with Crippen molar-refractivity contribution >= 4 is 39.2 Å². The zero-order chi connectivity index (χ0) is 23.2. The van der Waals surface area contributed by atoms with Gasteiger partial charge in [0.2, 0.25) is 5.95 Å². The highest BCUT2D eigenvalue weighted by Gasteiger charge is 2.49. The maximum absolute atomic E-state index is 12.8. The number of carbonyl (C=O) groups is 1. The van der Waals surface area contributed by atoms with Crippen LogP contribution in [0.4, 0.5) is 24.9 Å².